The van der Waals surface area contributed by atoms with Crippen molar-refractivity contribution in [3.63, 3.8) is 0 Å². The molecule has 0 saturated carbocycles. The average molecular weight is 616 g/mol. The van der Waals surface area contributed by atoms with Crippen molar-refractivity contribution < 1.29 is 19.1 Å². The molecule has 1 aliphatic rings. The summed E-state index contributed by atoms with van der Waals surface area (Å²) in [6.45, 7) is 5.90. The Balaban J connectivity index is 1.32. The first-order valence-corrected chi connectivity index (χ1v) is 17.4. The third-order valence-electron chi connectivity index (χ3n) is 7.45. The van der Waals surface area contributed by atoms with Gasteiger partial charge in [0.05, 0.1) is 24.9 Å². The Morgan fingerprint density at radius 1 is 1.05 bits per heavy atom. The molecule has 2 heterocycles. The highest BCUT2D eigenvalue weighted by Crippen LogP contribution is 2.34. The number of aliphatic imine (C=N–C) groups is 1. The quantitative estimate of drug-likeness (QED) is 0.152. The van der Waals surface area contributed by atoms with E-state index in [1.54, 1.807) is 19.2 Å². The van der Waals surface area contributed by atoms with Crippen LogP contribution in [0, 0.1) is 6.92 Å². The Labute approximate surface area is 256 Å². The average Bonchev–Trinajstić information content (AvgIpc) is 3.31. The summed E-state index contributed by atoms with van der Waals surface area (Å²) >= 11 is 6.18. The number of aromatic nitrogens is 3. The van der Waals surface area contributed by atoms with Crippen LogP contribution in [0.4, 0.5) is 0 Å². The molecule has 0 radical (unpaired) electrons. The van der Waals surface area contributed by atoms with Crippen LogP contribution in [0.3, 0.4) is 0 Å². The van der Waals surface area contributed by atoms with Gasteiger partial charge >= 0.3 is 0 Å². The normalized spacial score (nSPS) is 14.3. The maximum absolute atomic E-state index is 13.2. The monoisotopic (exact) mass is 615 g/mol. The Kier molecular flexibility index (Phi) is 8.91. The molecule has 1 aromatic heterocycles. The van der Waals surface area contributed by atoms with Crippen molar-refractivity contribution >= 4 is 42.5 Å². The van der Waals surface area contributed by atoms with Crippen molar-refractivity contribution in [3.05, 3.63) is 100 Å². The van der Waals surface area contributed by atoms with Crippen LogP contribution < -0.4 is 15.2 Å². The molecule has 0 unspecified atom stereocenters. The summed E-state index contributed by atoms with van der Waals surface area (Å²) in [6.07, 6.45) is 0.847. The summed E-state index contributed by atoms with van der Waals surface area (Å²) in [6, 6.07) is 19.7. The summed E-state index contributed by atoms with van der Waals surface area (Å²) < 4.78 is 7.45. The van der Waals surface area contributed by atoms with Crippen LogP contribution in [0.1, 0.15) is 58.4 Å². The lowest BCUT2D eigenvalue weighted by atomic mass is 10.00. The number of rotatable bonds is 10. The van der Waals surface area contributed by atoms with E-state index in [1.807, 2.05) is 79.2 Å². The van der Waals surface area contributed by atoms with E-state index in [1.165, 1.54) is 0 Å². The molecular weight excluding hydrogens is 582 g/mol. The first-order valence-electron chi connectivity index (χ1n) is 14.1. The van der Waals surface area contributed by atoms with E-state index < -0.39 is 14.4 Å². The standard InChI is InChI=1S/C32H34ClN5O4Si/c1-20-36-37-32-27(19-30(40)34-17-5-6-29(39)21-9-14-25(15-10-21)43(3,4)41)35-31(22-7-11-23(33)12-8-22)26-18-24(42-2)13-16-28(26)38(20)32/h7-16,18,27,41H,5-6,17,19H2,1-4H3,(H,34,40)/t27-/m0/s1. The number of halogens is 1. The van der Waals surface area contributed by atoms with E-state index >= 15 is 0 Å². The second-order valence-corrected chi connectivity index (χ2v) is 15.2. The molecule has 1 atom stereocenters. The Morgan fingerprint density at radius 3 is 2.44 bits per heavy atom. The fourth-order valence-corrected chi connectivity index (χ4v) is 6.22. The van der Waals surface area contributed by atoms with E-state index in [2.05, 4.69) is 15.5 Å². The minimum Gasteiger partial charge on any atom is -0.497 e. The molecule has 43 heavy (non-hydrogen) atoms. The lowest BCUT2D eigenvalue weighted by molar-refractivity contribution is -0.121. The molecule has 2 N–H and O–H groups in total. The van der Waals surface area contributed by atoms with Gasteiger partial charge in [0, 0.05) is 34.7 Å². The Hall–Kier alpha value is -4.12. The third-order valence-corrected chi connectivity index (χ3v) is 9.44. The SMILES string of the molecule is COc1ccc2c(c1)C(c1ccc(Cl)cc1)=N[C@@H](CC(=O)NCCCC(=O)c1ccc([Si](C)(C)O)cc1)c1nnc(C)n1-2. The second-order valence-electron chi connectivity index (χ2n) is 11.0. The number of nitrogens with one attached hydrogen (secondary N) is 1. The molecule has 0 bridgehead atoms. The molecule has 5 rings (SSSR count). The smallest absolute Gasteiger partial charge is 0.222 e. The number of nitrogens with zero attached hydrogens (tertiary/aromatic N) is 4. The maximum Gasteiger partial charge on any atom is 0.222 e. The molecule has 0 saturated heterocycles. The van der Waals surface area contributed by atoms with Crippen LogP contribution in [0.2, 0.25) is 18.1 Å². The molecule has 0 fully saturated rings. The van der Waals surface area contributed by atoms with Crippen LogP contribution in [-0.4, -0.2) is 58.9 Å². The number of ether oxygens (including phenoxy) is 1. The summed E-state index contributed by atoms with van der Waals surface area (Å²) in [5.41, 5.74) is 3.80. The van der Waals surface area contributed by atoms with Crippen molar-refractivity contribution in [2.75, 3.05) is 13.7 Å². The number of hydrogen-bond acceptors (Lipinski definition) is 7. The fraction of sp³-hybridized carbons (Fsp3) is 0.281. The molecular formula is C32H34ClN5O4Si. The van der Waals surface area contributed by atoms with Crippen LogP contribution in [0.25, 0.3) is 5.69 Å². The van der Waals surface area contributed by atoms with Crippen LogP contribution in [0.15, 0.2) is 71.7 Å². The second kappa shape index (κ2) is 12.6. The predicted molar refractivity (Wildman–Crippen MR) is 169 cm³/mol. The number of carbonyl (C=O) groups excluding carboxylic acids is 2. The zero-order chi connectivity index (χ0) is 30.7. The van der Waals surface area contributed by atoms with E-state index in [0.717, 1.165) is 22.0 Å². The molecule has 4 aromatic rings. The first-order chi connectivity index (χ1) is 20.5. The predicted octanol–water partition coefficient (Wildman–Crippen LogP) is 4.70. The molecule has 0 aliphatic carbocycles. The number of fused-ring (bicyclic) bond motifs is 3. The summed E-state index contributed by atoms with van der Waals surface area (Å²) in [5.74, 6) is 1.71. The van der Waals surface area contributed by atoms with Gasteiger partial charge in [-0.1, -0.05) is 48.0 Å². The van der Waals surface area contributed by atoms with Gasteiger partial charge in [0.1, 0.15) is 17.6 Å². The number of amides is 1. The number of methoxy groups -OCH3 is 1. The van der Waals surface area contributed by atoms with Crippen molar-refractivity contribution in [1.82, 2.24) is 20.1 Å². The lowest BCUT2D eigenvalue weighted by Gasteiger charge is -2.14. The number of hydrogen-bond donors (Lipinski definition) is 2. The summed E-state index contributed by atoms with van der Waals surface area (Å²) in [5, 5.41) is 13.2. The molecule has 9 nitrogen and oxygen atoms in total. The maximum atomic E-state index is 13.2. The molecule has 3 aromatic carbocycles. The van der Waals surface area contributed by atoms with Crippen molar-refractivity contribution in [2.45, 2.75) is 45.3 Å². The number of ketones is 1. The van der Waals surface area contributed by atoms with Gasteiger partial charge in [0.2, 0.25) is 14.2 Å². The van der Waals surface area contributed by atoms with E-state index in [0.29, 0.717) is 53.1 Å². The molecule has 1 aliphatic heterocycles. The highest BCUT2D eigenvalue weighted by molar-refractivity contribution is 6.83. The Morgan fingerprint density at radius 2 is 1.77 bits per heavy atom. The number of aryl methyl sites for hydroxylation is 1. The zero-order valence-electron chi connectivity index (χ0n) is 24.6. The minimum absolute atomic E-state index is 0.00374. The van der Waals surface area contributed by atoms with Crippen molar-refractivity contribution in [3.8, 4) is 11.4 Å². The van der Waals surface area contributed by atoms with Gasteiger partial charge in [-0.25, -0.2) is 0 Å². The molecule has 222 valence electrons. The van der Waals surface area contributed by atoms with Crippen LogP contribution in [0.5, 0.6) is 5.75 Å². The lowest BCUT2D eigenvalue weighted by Crippen LogP contribution is -2.41. The van der Waals surface area contributed by atoms with E-state index in [9.17, 15) is 14.4 Å². The number of carbonyl (C=O) groups is 2. The third kappa shape index (κ3) is 6.77. The van der Waals surface area contributed by atoms with E-state index in [4.69, 9.17) is 21.3 Å². The highest BCUT2D eigenvalue weighted by Gasteiger charge is 2.30. The van der Waals surface area contributed by atoms with Gasteiger partial charge in [-0.2, -0.15) is 0 Å². The van der Waals surface area contributed by atoms with Gasteiger partial charge in [-0.3, -0.25) is 19.1 Å². The van der Waals surface area contributed by atoms with Crippen molar-refractivity contribution in [2.24, 2.45) is 4.99 Å². The van der Waals surface area contributed by atoms with Crippen LogP contribution >= 0.6 is 11.6 Å². The first kappa shape index (κ1) is 30.3. The van der Waals surface area contributed by atoms with Crippen molar-refractivity contribution in [1.29, 1.82) is 0 Å². The molecule has 1 amide bonds. The fourth-order valence-electron chi connectivity index (χ4n) is 5.11. The van der Waals surface area contributed by atoms with Crippen LogP contribution in [-0.2, 0) is 4.79 Å². The molecule has 0 spiro atoms. The van der Waals surface area contributed by atoms with E-state index in [-0.39, 0.29) is 18.1 Å². The van der Waals surface area contributed by atoms with Gasteiger partial charge in [-0.05, 0) is 62.0 Å². The van der Waals surface area contributed by atoms with Gasteiger partial charge in [0.15, 0.2) is 11.6 Å². The highest BCUT2D eigenvalue weighted by atomic mass is 35.5. The topological polar surface area (TPSA) is 119 Å². The zero-order valence-corrected chi connectivity index (χ0v) is 26.4. The minimum atomic E-state index is -2.42. The summed E-state index contributed by atoms with van der Waals surface area (Å²) in [4.78, 5) is 41.2. The largest absolute Gasteiger partial charge is 0.497 e. The number of Topliss-reactive ketones (excluding diaryl/α,β-unsaturated/α-hetero) is 1. The van der Waals surface area contributed by atoms with Gasteiger partial charge in [0.25, 0.3) is 0 Å². The Bertz CT molecular complexity index is 1680. The number of benzene rings is 3. The summed E-state index contributed by atoms with van der Waals surface area (Å²) in [7, 11) is -0.801. The molecule has 11 heteroatoms. The van der Waals surface area contributed by atoms with Gasteiger partial charge in [-0.15, -0.1) is 10.2 Å². The van der Waals surface area contributed by atoms with Gasteiger partial charge < -0.3 is 14.8 Å².